The van der Waals surface area contributed by atoms with Crippen LogP contribution in [-0.2, 0) is 0 Å². The van der Waals surface area contributed by atoms with E-state index in [1.54, 1.807) is 17.6 Å². The van der Waals surface area contributed by atoms with Gasteiger partial charge in [0.2, 0.25) is 0 Å². The topological polar surface area (TPSA) is 54.4 Å². The number of hydrazone groups is 1. The quantitative estimate of drug-likeness (QED) is 0.404. The number of carbonyl (C=O) groups is 1. The number of hydrogen-bond acceptors (Lipinski definition) is 4. The van der Waals surface area contributed by atoms with E-state index in [-0.39, 0.29) is 5.91 Å². The molecular formula is C22H17N3OS. The van der Waals surface area contributed by atoms with Crippen molar-refractivity contribution in [2.45, 2.75) is 6.92 Å². The van der Waals surface area contributed by atoms with Crippen LogP contribution in [0.2, 0.25) is 0 Å². The van der Waals surface area contributed by atoms with Crippen LogP contribution in [0.1, 0.15) is 20.8 Å². The van der Waals surface area contributed by atoms with Crippen LogP contribution in [0, 0.1) is 6.92 Å². The lowest BCUT2D eigenvalue weighted by Crippen LogP contribution is -2.18. The number of nitrogens with zero attached hydrogens (tertiary/aromatic N) is 2. The smallest absolute Gasteiger partial charge is 0.267 e. The number of nitrogens with one attached hydrogen (secondary N) is 1. The Hall–Kier alpha value is -3.31. The van der Waals surface area contributed by atoms with Gasteiger partial charge in [0, 0.05) is 15.8 Å². The molecule has 0 radical (unpaired) electrons. The van der Waals surface area contributed by atoms with Crippen LogP contribution in [0.15, 0.2) is 77.2 Å². The van der Waals surface area contributed by atoms with E-state index in [1.165, 1.54) is 5.56 Å². The Labute approximate surface area is 161 Å². The molecule has 1 N–H and O–H groups in total. The fourth-order valence-corrected chi connectivity index (χ4v) is 3.40. The minimum atomic E-state index is -0.255. The molecule has 2 aromatic heterocycles. The minimum absolute atomic E-state index is 0.255. The summed E-state index contributed by atoms with van der Waals surface area (Å²) in [6.07, 6.45) is 1.65. The highest BCUT2D eigenvalue weighted by molar-refractivity contribution is 7.11. The Morgan fingerprint density at radius 2 is 1.89 bits per heavy atom. The number of rotatable bonds is 4. The summed E-state index contributed by atoms with van der Waals surface area (Å²) in [6, 6.07) is 21.5. The van der Waals surface area contributed by atoms with Crippen molar-refractivity contribution in [2.24, 2.45) is 5.10 Å². The van der Waals surface area contributed by atoms with Gasteiger partial charge in [0.05, 0.1) is 23.0 Å². The van der Waals surface area contributed by atoms with E-state index in [0.29, 0.717) is 5.56 Å². The molecule has 2 aromatic carbocycles. The predicted octanol–water partition coefficient (Wildman–Crippen LogP) is 5.04. The van der Waals surface area contributed by atoms with Crippen molar-refractivity contribution in [2.75, 3.05) is 0 Å². The van der Waals surface area contributed by atoms with Crippen molar-refractivity contribution in [1.29, 1.82) is 0 Å². The van der Waals surface area contributed by atoms with Gasteiger partial charge in [-0.2, -0.15) is 5.10 Å². The molecule has 0 saturated carbocycles. The first kappa shape index (κ1) is 17.1. The zero-order valence-electron chi connectivity index (χ0n) is 14.7. The third kappa shape index (κ3) is 3.78. The Balaban J connectivity index is 1.71. The van der Waals surface area contributed by atoms with Gasteiger partial charge in [-0.15, -0.1) is 11.3 Å². The van der Waals surface area contributed by atoms with Crippen molar-refractivity contribution in [3.8, 4) is 11.3 Å². The van der Waals surface area contributed by atoms with E-state index in [0.717, 1.165) is 27.0 Å². The van der Waals surface area contributed by atoms with E-state index < -0.39 is 0 Å². The normalized spacial score (nSPS) is 11.1. The van der Waals surface area contributed by atoms with Gasteiger partial charge < -0.3 is 0 Å². The SMILES string of the molecule is Cc1ccc(-c2cc(C(=O)N/N=C\c3cccs3)c3ccccc3n2)cc1. The molecule has 0 aliphatic heterocycles. The maximum atomic E-state index is 12.8. The van der Waals surface area contributed by atoms with Gasteiger partial charge in [0.25, 0.3) is 5.91 Å². The minimum Gasteiger partial charge on any atom is -0.267 e. The lowest BCUT2D eigenvalue weighted by molar-refractivity contribution is 0.0957. The predicted molar refractivity (Wildman–Crippen MR) is 111 cm³/mol. The second-order valence-electron chi connectivity index (χ2n) is 6.15. The first-order valence-corrected chi connectivity index (χ1v) is 9.42. The average molecular weight is 371 g/mol. The number of carbonyl (C=O) groups excluding carboxylic acids is 1. The van der Waals surface area contributed by atoms with Gasteiger partial charge >= 0.3 is 0 Å². The van der Waals surface area contributed by atoms with Crippen LogP contribution in [0.5, 0.6) is 0 Å². The summed E-state index contributed by atoms with van der Waals surface area (Å²) in [6.45, 7) is 2.04. The highest BCUT2D eigenvalue weighted by atomic mass is 32.1. The molecule has 27 heavy (non-hydrogen) atoms. The standard InChI is InChI=1S/C22H17N3OS/c1-15-8-10-16(11-9-15)21-13-19(18-6-2-3-7-20(18)24-21)22(26)25-23-14-17-5-4-12-27-17/h2-14H,1H3,(H,25,26)/b23-14-. The highest BCUT2D eigenvalue weighted by Crippen LogP contribution is 2.25. The molecule has 0 spiro atoms. The second kappa shape index (κ2) is 7.51. The molecule has 132 valence electrons. The summed E-state index contributed by atoms with van der Waals surface area (Å²) in [5, 5.41) is 6.85. The molecule has 2 heterocycles. The third-order valence-corrected chi connectivity index (χ3v) is 5.02. The molecule has 0 unspecified atom stereocenters. The molecule has 0 aliphatic rings. The van der Waals surface area contributed by atoms with E-state index in [2.05, 4.69) is 10.5 Å². The maximum absolute atomic E-state index is 12.8. The van der Waals surface area contributed by atoms with Gasteiger partial charge in [-0.1, -0.05) is 54.1 Å². The number of aryl methyl sites for hydroxylation is 1. The molecule has 1 amide bonds. The number of aromatic nitrogens is 1. The molecule has 0 fully saturated rings. The van der Waals surface area contributed by atoms with Crippen LogP contribution in [0.25, 0.3) is 22.2 Å². The largest absolute Gasteiger partial charge is 0.272 e. The summed E-state index contributed by atoms with van der Waals surface area (Å²) in [4.78, 5) is 18.5. The van der Waals surface area contributed by atoms with Crippen molar-refractivity contribution >= 4 is 34.4 Å². The molecule has 0 atom stereocenters. The molecule has 4 rings (SSSR count). The monoisotopic (exact) mass is 371 g/mol. The number of fused-ring (bicyclic) bond motifs is 1. The molecular weight excluding hydrogens is 354 g/mol. The van der Waals surface area contributed by atoms with E-state index in [4.69, 9.17) is 4.98 Å². The first-order valence-electron chi connectivity index (χ1n) is 8.54. The first-order chi connectivity index (χ1) is 13.2. The third-order valence-electron chi connectivity index (χ3n) is 4.21. The Kier molecular flexibility index (Phi) is 4.77. The summed E-state index contributed by atoms with van der Waals surface area (Å²) in [5.74, 6) is -0.255. The van der Waals surface area contributed by atoms with E-state index >= 15 is 0 Å². The Morgan fingerprint density at radius 3 is 2.67 bits per heavy atom. The summed E-state index contributed by atoms with van der Waals surface area (Å²) in [7, 11) is 0. The van der Waals surface area contributed by atoms with Crippen LogP contribution >= 0.6 is 11.3 Å². The number of amides is 1. The zero-order valence-corrected chi connectivity index (χ0v) is 15.5. The fourth-order valence-electron chi connectivity index (χ4n) is 2.81. The van der Waals surface area contributed by atoms with Crippen molar-refractivity contribution in [3.63, 3.8) is 0 Å². The average Bonchev–Trinajstić information content (AvgIpc) is 3.21. The highest BCUT2D eigenvalue weighted by Gasteiger charge is 2.13. The number of thiophene rings is 1. The number of pyridine rings is 1. The summed E-state index contributed by atoms with van der Waals surface area (Å²) < 4.78 is 0. The summed E-state index contributed by atoms with van der Waals surface area (Å²) in [5.41, 5.74) is 6.88. The van der Waals surface area contributed by atoms with Gasteiger partial charge in [-0.25, -0.2) is 10.4 Å². The molecule has 0 saturated heterocycles. The molecule has 5 heteroatoms. The van der Waals surface area contributed by atoms with Crippen LogP contribution in [-0.4, -0.2) is 17.1 Å². The van der Waals surface area contributed by atoms with Crippen molar-refractivity contribution in [1.82, 2.24) is 10.4 Å². The van der Waals surface area contributed by atoms with Gasteiger partial charge in [-0.05, 0) is 30.5 Å². The molecule has 4 nitrogen and oxygen atoms in total. The number of benzene rings is 2. The van der Waals surface area contributed by atoms with Gasteiger partial charge in [-0.3, -0.25) is 4.79 Å². The van der Waals surface area contributed by atoms with Crippen LogP contribution < -0.4 is 5.43 Å². The molecule has 0 aliphatic carbocycles. The Morgan fingerprint density at radius 1 is 1.07 bits per heavy atom. The summed E-state index contributed by atoms with van der Waals surface area (Å²) >= 11 is 1.56. The van der Waals surface area contributed by atoms with Gasteiger partial charge in [0.15, 0.2) is 0 Å². The van der Waals surface area contributed by atoms with Gasteiger partial charge in [0.1, 0.15) is 0 Å². The van der Waals surface area contributed by atoms with E-state index in [9.17, 15) is 4.79 Å². The fraction of sp³-hybridized carbons (Fsp3) is 0.0455. The second-order valence-corrected chi connectivity index (χ2v) is 7.13. The van der Waals surface area contributed by atoms with Crippen molar-refractivity contribution in [3.05, 3.63) is 88.1 Å². The number of para-hydroxylation sites is 1. The lowest BCUT2D eigenvalue weighted by atomic mass is 10.0. The van der Waals surface area contributed by atoms with Crippen molar-refractivity contribution < 1.29 is 4.79 Å². The number of hydrogen-bond donors (Lipinski definition) is 1. The lowest BCUT2D eigenvalue weighted by Gasteiger charge is -2.09. The maximum Gasteiger partial charge on any atom is 0.272 e. The van der Waals surface area contributed by atoms with Crippen LogP contribution in [0.4, 0.5) is 0 Å². The Bertz CT molecular complexity index is 1120. The van der Waals surface area contributed by atoms with Crippen LogP contribution in [0.3, 0.4) is 0 Å². The molecule has 4 aromatic rings. The zero-order chi connectivity index (χ0) is 18.6. The molecule has 0 bridgehead atoms. The van der Waals surface area contributed by atoms with E-state index in [1.807, 2.05) is 79.0 Å².